The van der Waals surface area contributed by atoms with Gasteiger partial charge in [0.1, 0.15) is 0 Å². The second kappa shape index (κ2) is 5.11. The number of piperazine rings is 1. The zero-order chi connectivity index (χ0) is 15.3. The molecular weight excluding hydrogens is 276 g/mol. The number of benzene rings is 1. The lowest BCUT2D eigenvalue weighted by atomic mass is 10.0. The average molecular weight is 298 g/mol. The molecule has 0 aromatic heterocycles. The third-order valence-electron chi connectivity index (χ3n) is 5.25. The molecule has 0 radical (unpaired) electrons. The Morgan fingerprint density at radius 1 is 1.18 bits per heavy atom. The summed E-state index contributed by atoms with van der Waals surface area (Å²) < 4.78 is 0. The predicted octanol–water partition coefficient (Wildman–Crippen LogP) is 1.93. The van der Waals surface area contributed by atoms with Gasteiger partial charge in [-0.25, -0.2) is 0 Å². The average Bonchev–Trinajstić information content (AvgIpc) is 3.40. The van der Waals surface area contributed by atoms with Crippen LogP contribution in [0.1, 0.15) is 36.3 Å². The summed E-state index contributed by atoms with van der Waals surface area (Å²) >= 11 is 0. The Hall–Kier alpha value is -1.84. The van der Waals surface area contributed by atoms with Crippen molar-refractivity contribution in [2.24, 2.45) is 5.92 Å². The number of aryl methyl sites for hydroxylation is 1. The van der Waals surface area contributed by atoms with Crippen molar-refractivity contribution in [2.45, 2.75) is 38.1 Å². The van der Waals surface area contributed by atoms with E-state index in [9.17, 15) is 9.59 Å². The lowest BCUT2D eigenvalue weighted by Crippen LogP contribution is -2.53. The molecule has 116 valence electrons. The first-order chi connectivity index (χ1) is 10.6. The maximum absolute atomic E-state index is 12.6. The summed E-state index contributed by atoms with van der Waals surface area (Å²) in [5.41, 5.74) is 2.56. The molecule has 3 aliphatic rings. The summed E-state index contributed by atoms with van der Waals surface area (Å²) in [4.78, 5) is 28.6. The summed E-state index contributed by atoms with van der Waals surface area (Å²) in [5, 5.41) is 0. The normalized spacial score (nSPS) is 28.0. The van der Waals surface area contributed by atoms with Crippen LogP contribution in [-0.2, 0) is 9.59 Å². The Bertz CT molecular complexity index is 623. The molecule has 0 N–H and O–H groups in total. The van der Waals surface area contributed by atoms with Gasteiger partial charge in [-0.1, -0.05) is 24.3 Å². The second-order valence-electron chi connectivity index (χ2n) is 6.88. The first kappa shape index (κ1) is 13.8. The summed E-state index contributed by atoms with van der Waals surface area (Å²) in [6.07, 6.45) is 3.20. The van der Waals surface area contributed by atoms with E-state index in [1.807, 2.05) is 17.0 Å². The van der Waals surface area contributed by atoms with Gasteiger partial charge in [0.25, 0.3) is 0 Å². The van der Waals surface area contributed by atoms with Crippen molar-refractivity contribution in [3.05, 3.63) is 35.4 Å². The van der Waals surface area contributed by atoms with Crippen molar-refractivity contribution in [2.75, 3.05) is 19.6 Å². The summed E-state index contributed by atoms with van der Waals surface area (Å²) in [6.45, 7) is 3.81. The molecular formula is C18H22N2O2. The van der Waals surface area contributed by atoms with E-state index in [0.29, 0.717) is 18.5 Å². The monoisotopic (exact) mass is 298 g/mol. The fourth-order valence-corrected chi connectivity index (χ4v) is 3.70. The van der Waals surface area contributed by atoms with Crippen molar-refractivity contribution in [3.8, 4) is 0 Å². The van der Waals surface area contributed by atoms with Gasteiger partial charge in [-0.2, -0.15) is 0 Å². The van der Waals surface area contributed by atoms with Gasteiger partial charge in [0, 0.05) is 25.0 Å². The first-order valence-corrected chi connectivity index (χ1v) is 8.29. The van der Waals surface area contributed by atoms with Crippen LogP contribution in [0.15, 0.2) is 24.3 Å². The molecule has 2 unspecified atom stereocenters. The Labute approximate surface area is 131 Å². The summed E-state index contributed by atoms with van der Waals surface area (Å²) in [5.74, 6) is 0.749. The molecule has 4 heteroatoms. The number of carbonyl (C=O) groups excluding carboxylic acids is 2. The molecule has 2 atom stereocenters. The fraction of sp³-hybridized carbons (Fsp3) is 0.556. The van der Waals surface area contributed by atoms with E-state index in [4.69, 9.17) is 0 Å². The van der Waals surface area contributed by atoms with E-state index < -0.39 is 0 Å². The molecule has 4 rings (SSSR count). The molecule has 0 bridgehead atoms. The van der Waals surface area contributed by atoms with E-state index in [1.165, 1.54) is 11.1 Å². The van der Waals surface area contributed by atoms with E-state index in [2.05, 4.69) is 19.1 Å². The van der Waals surface area contributed by atoms with Gasteiger partial charge in [0.2, 0.25) is 11.8 Å². The highest BCUT2D eigenvalue weighted by atomic mass is 16.2. The van der Waals surface area contributed by atoms with Gasteiger partial charge in [-0.15, -0.1) is 0 Å². The molecule has 22 heavy (non-hydrogen) atoms. The van der Waals surface area contributed by atoms with E-state index >= 15 is 0 Å². The number of carbonyl (C=O) groups is 2. The zero-order valence-electron chi connectivity index (χ0n) is 13.0. The highest BCUT2D eigenvalue weighted by molar-refractivity contribution is 5.89. The Kier molecular flexibility index (Phi) is 3.21. The molecule has 1 aliphatic heterocycles. The number of hydrogen-bond acceptors (Lipinski definition) is 2. The lowest BCUT2D eigenvalue weighted by molar-refractivity contribution is -0.146. The Morgan fingerprint density at radius 2 is 1.95 bits per heavy atom. The number of rotatable bonds is 3. The molecule has 2 aliphatic carbocycles. The second-order valence-corrected chi connectivity index (χ2v) is 6.88. The summed E-state index contributed by atoms with van der Waals surface area (Å²) in [7, 11) is 0. The predicted molar refractivity (Wildman–Crippen MR) is 83.3 cm³/mol. The van der Waals surface area contributed by atoms with Crippen LogP contribution in [0.3, 0.4) is 0 Å². The SMILES string of the molecule is Cc1ccccc1C1CC1C(=O)N1CCN(C2CC2)C(=O)C1. The minimum absolute atomic E-state index is 0.0846. The fourth-order valence-electron chi connectivity index (χ4n) is 3.70. The standard InChI is InChI=1S/C18H22N2O2/c1-12-4-2-3-5-14(12)15-10-16(15)18(22)19-8-9-20(13-6-7-13)17(21)11-19/h2-5,13,15-16H,6-11H2,1H3. The number of amides is 2. The first-order valence-electron chi connectivity index (χ1n) is 8.29. The Morgan fingerprint density at radius 3 is 2.64 bits per heavy atom. The van der Waals surface area contributed by atoms with E-state index in [1.54, 1.807) is 4.90 Å². The van der Waals surface area contributed by atoms with Gasteiger partial charge in [0.05, 0.1) is 6.54 Å². The lowest BCUT2D eigenvalue weighted by Gasteiger charge is -2.34. The van der Waals surface area contributed by atoms with Crippen molar-refractivity contribution in [1.82, 2.24) is 9.80 Å². The van der Waals surface area contributed by atoms with Crippen LogP contribution in [0.5, 0.6) is 0 Å². The number of hydrogen-bond donors (Lipinski definition) is 0. The molecule has 0 spiro atoms. The van der Waals surface area contributed by atoms with Crippen LogP contribution in [0, 0.1) is 12.8 Å². The van der Waals surface area contributed by atoms with Crippen molar-refractivity contribution in [3.63, 3.8) is 0 Å². The van der Waals surface area contributed by atoms with Gasteiger partial charge in [-0.3, -0.25) is 9.59 Å². The minimum atomic E-state index is 0.0846. The van der Waals surface area contributed by atoms with Crippen LogP contribution in [0.4, 0.5) is 0 Å². The van der Waals surface area contributed by atoms with Crippen molar-refractivity contribution < 1.29 is 9.59 Å². The molecule has 1 saturated heterocycles. The third-order valence-corrected chi connectivity index (χ3v) is 5.25. The topological polar surface area (TPSA) is 40.6 Å². The largest absolute Gasteiger partial charge is 0.336 e. The molecule has 1 aromatic rings. The highest BCUT2D eigenvalue weighted by Gasteiger charge is 2.47. The van der Waals surface area contributed by atoms with Crippen molar-refractivity contribution >= 4 is 11.8 Å². The zero-order valence-corrected chi connectivity index (χ0v) is 13.0. The Balaban J connectivity index is 1.39. The van der Waals surface area contributed by atoms with Crippen LogP contribution in [0.2, 0.25) is 0 Å². The summed E-state index contributed by atoms with van der Waals surface area (Å²) in [6, 6.07) is 8.77. The van der Waals surface area contributed by atoms with Gasteiger partial charge in [-0.05, 0) is 43.2 Å². The maximum Gasteiger partial charge on any atom is 0.242 e. The van der Waals surface area contributed by atoms with Crippen LogP contribution in [0.25, 0.3) is 0 Å². The van der Waals surface area contributed by atoms with Crippen LogP contribution in [-0.4, -0.2) is 47.3 Å². The van der Waals surface area contributed by atoms with Gasteiger partial charge < -0.3 is 9.80 Å². The third kappa shape index (κ3) is 2.40. The van der Waals surface area contributed by atoms with Gasteiger partial charge in [0.15, 0.2) is 0 Å². The highest BCUT2D eigenvalue weighted by Crippen LogP contribution is 2.49. The molecule has 2 amide bonds. The minimum Gasteiger partial charge on any atom is -0.336 e. The molecule has 4 nitrogen and oxygen atoms in total. The van der Waals surface area contributed by atoms with E-state index in [0.717, 1.165) is 25.8 Å². The molecule has 3 fully saturated rings. The maximum atomic E-state index is 12.6. The number of nitrogens with zero attached hydrogens (tertiary/aromatic N) is 2. The molecule has 1 aromatic carbocycles. The van der Waals surface area contributed by atoms with Crippen LogP contribution < -0.4 is 0 Å². The van der Waals surface area contributed by atoms with E-state index in [-0.39, 0.29) is 24.3 Å². The molecule has 1 heterocycles. The quantitative estimate of drug-likeness (QED) is 0.855. The smallest absolute Gasteiger partial charge is 0.242 e. The van der Waals surface area contributed by atoms with Crippen molar-refractivity contribution in [1.29, 1.82) is 0 Å². The van der Waals surface area contributed by atoms with Crippen LogP contribution >= 0.6 is 0 Å². The molecule has 2 saturated carbocycles. The van der Waals surface area contributed by atoms with Gasteiger partial charge >= 0.3 is 0 Å².